The second-order valence-corrected chi connectivity index (χ2v) is 7.91. The first-order valence-electron chi connectivity index (χ1n) is 9.84. The maximum atomic E-state index is 10.9. The molecule has 0 atom stereocenters. The van der Waals surface area contributed by atoms with E-state index in [1.165, 1.54) is 0 Å². The van der Waals surface area contributed by atoms with Gasteiger partial charge in [-0.2, -0.15) is 11.8 Å². The number of aldehydes is 1. The Morgan fingerprint density at radius 1 is 1.17 bits per heavy atom. The average Bonchev–Trinajstić information content (AvgIpc) is 3.30. The fourth-order valence-corrected chi connectivity index (χ4v) is 3.82. The molecule has 4 heterocycles. The molecule has 1 saturated heterocycles. The molecule has 0 aromatic carbocycles. The average molecular weight is 410 g/mol. The lowest BCUT2D eigenvalue weighted by atomic mass is 10.1. The fourth-order valence-electron chi connectivity index (χ4n) is 2.92. The number of nitrogens with zero attached hydrogens (tertiary/aromatic N) is 3. The van der Waals surface area contributed by atoms with Crippen LogP contribution in [0.3, 0.4) is 0 Å². The molecule has 0 radical (unpaired) electrons. The van der Waals surface area contributed by atoms with E-state index < -0.39 is 0 Å². The van der Waals surface area contributed by atoms with Gasteiger partial charge >= 0.3 is 0 Å². The lowest BCUT2D eigenvalue weighted by molar-refractivity contribution is 0.112. The minimum atomic E-state index is 0.638. The number of thioether (sulfide) groups is 1. The van der Waals surface area contributed by atoms with Crippen molar-refractivity contribution in [2.75, 3.05) is 36.0 Å². The molecule has 0 amide bonds. The third kappa shape index (κ3) is 5.68. The molecule has 0 bridgehead atoms. The van der Waals surface area contributed by atoms with E-state index in [0.717, 1.165) is 72.2 Å². The number of rotatable bonds is 5. The SMILES string of the molecule is CCCN.O=Cc1c[nH]c(-c2ccnc(-c3ccc(N4CCSCC4)nc3)c2)c1. The maximum absolute atomic E-state index is 10.9. The van der Waals surface area contributed by atoms with Crippen LogP contribution in [0.4, 0.5) is 5.82 Å². The first kappa shape index (κ1) is 21.1. The van der Waals surface area contributed by atoms with Crippen LogP contribution in [0.5, 0.6) is 0 Å². The van der Waals surface area contributed by atoms with Crippen LogP contribution >= 0.6 is 11.8 Å². The normalized spacial score (nSPS) is 13.5. The van der Waals surface area contributed by atoms with Gasteiger partial charge in [0.05, 0.1) is 5.69 Å². The zero-order valence-corrected chi connectivity index (χ0v) is 17.5. The molecule has 1 fully saturated rings. The van der Waals surface area contributed by atoms with Crippen LogP contribution in [-0.4, -0.2) is 52.4 Å². The molecule has 3 aromatic rings. The van der Waals surface area contributed by atoms with E-state index in [-0.39, 0.29) is 0 Å². The van der Waals surface area contributed by atoms with Crippen molar-refractivity contribution in [1.82, 2.24) is 15.0 Å². The Balaban J connectivity index is 0.000000552. The van der Waals surface area contributed by atoms with Crippen molar-refractivity contribution < 1.29 is 4.79 Å². The Morgan fingerprint density at radius 3 is 2.59 bits per heavy atom. The van der Waals surface area contributed by atoms with Crippen LogP contribution in [0.2, 0.25) is 0 Å². The number of pyridine rings is 2. The number of nitrogens with two attached hydrogens (primary N) is 1. The Hall–Kier alpha value is -2.64. The van der Waals surface area contributed by atoms with E-state index in [2.05, 4.69) is 38.9 Å². The van der Waals surface area contributed by atoms with Crippen LogP contribution in [0.1, 0.15) is 23.7 Å². The molecule has 4 rings (SSSR count). The molecule has 3 N–H and O–H groups in total. The van der Waals surface area contributed by atoms with Crippen molar-refractivity contribution in [3.8, 4) is 22.5 Å². The highest BCUT2D eigenvalue weighted by molar-refractivity contribution is 7.99. The quantitative estimate of drug-likeness (QED) is 0.622. The van der Waals surface area contributed by atoms with Crippen molar-refractivity contribution in [3.05, 3.63) is 54.5 Å². The van der Waals surface area contributed by atoms with E-state index in [0.29, 0.717) is 5.56 Å². The number of carbonyl (C=O) groups excluding carboxylic acids is 1. The lowest BCUT2D eigenvalue weighted by Crippen LogP contribution is -2.32. The van der Waals surface area contributed by atoms with E-state index >= 15 is 0 Å². The molecule has 152 valence electrons. The summed E-state index contributed by atoms with van der Waals surface area (Å²) in [6.45, 7) is 4.98. The van der Waals surface area contributed by atoms with Crippen LogP contribution in [-0.2, 0) is 0 Å². The van der Waals surface area contributed by atoms with Gasteiger partial charge in [0.1, 0.15) is 5.82 Å². The standard InChI is InChI=1S/C19H18N4OS.C3H9N/c24-13-14-9-17(21-11-14)15-3-4-20-18(10-15)16-1-2-19(22-12-16)23-5-7-25-8-6-23;1-2-3-4/h1-4,9-13,21H,5-8H2;2-4H2,1H3. The molecule has 29 heavy (non-hydrogen) atoms. The van der Waals surface area contributed by atoms with Gasteiger partial charge < -0.3 is 15.6 Å². The number of nitrogens with one attached hydrogen (secondary N) is 1. The van der Waals surface area contributed by atoms with Gasteiger partial charge in [0.2, 0.25) is 0 Å². The largest absolute Gasteiger partial charge is 0.360 e. The molecule has 6 nitrogen and oxygen atoms in total. The van der Waals surface area contributed by atoms with Crippen LogP contribution < -0.4 is 10.6 Å². The van der Waals surface area contributed by atoms with Crippen LogP contribution in [0, 0.1) is 0 Å². The first-order valence-corrected chi connectivity index (χ1v) is 11.0. The van der Waals surface area contributed by atoms with Gasteiger partial charge in [-0.3, -0.25) is 9.78 Å². The van der Waals surface area contributed by atoms with Gasteiger partial charge in [-0.1, -0.05) is 6.92 Å². The minimum Gasteiger partial charge on any atom is -0.360 e. The number of aromatic amines is 1. The third-order valence-corrected chi connectivity index (χ3v) is 5.52. The predicted octanol–water partition coefficient (Wildman–Crippen LogP) is 3.86. The maximum Gasteiger partial charge on any atom is 0.151 e. The van der Waals surface area contributed by atoms with Crippen molar-refractivity contribution in [2.24, 2.45) is 5.73 Å². The summed E-state index contributed by atoms with van der Waals surface area (Å²) in [5, 5.41) is 0. The van der Waals surface area contributed by atoms with Crippen molar-refractivity contribution >= 4 is 23.9 Å². The first-order chi connectivity index (χ1) is 14.2. The summed E-state index contributed by atoms with van der Waals surface area (Å²) in [6.07, 6.45) is 7.30. The zero-order chi connectivity index (χ0) is 20.5. The summed E-state index contributed by atoms with van der Waals surface area (Å²) in [5.74, 6) is 3.35. The van der Waals surface area contributed by atoms with Gasteiger partial charge in [-0.15, -0.1) is 0 Å². The molecular weight excluding hydrogens is 382 g/mol. The summed E-state index contributed by atoms with van der Waals surface area (Å²) >= 11 is 1.99. The topological polar surface area (TPSA) is 87.9 Å². The third-order valence-electron chi connectivity index (χ3n) is 4.58. The number of carbonyl (C=O) groups is 1. The van der Waals surface area contributed by atoms with E-state index in [1.54, 1.807) is 12.4 Å². The summed E-state index contributed by atoms with van der Waals surface area (Å²) in [7, 11) is 0. The smallest absolute Gasteiger partial charge is 0.151 e. The summed E-state index contributed by atoms with van der Waals surface area (Å²) in [5.41, 5.74) is 9.42. The van der Waals surface area contributed by atoms with Gasteiger partial charge in [0, 0.05) is 65.6 Å². The van der Waals surface area contributed by atoms with Gasteiger partial charge in [0.25, 0.3) is 0 Å². The second-order valence-electron chi connectivity index (χ2n) is 6.69. The number of anilines is 1. The van der Waals surface area contributed by atoms with Crippen molar-refractivity contribution in [2.45, 2.75) is 13.3 Å². The molecule has 0 spiro atoms. The molecule has 7 heteroatoms. The summed E-state index contributed by atoms with van der Waals surface area (Å²) in [6, 6.07) is 9.91. The number of H-pyrrole nitrogens is 1. The Kier molecular flexibility index (Phi) is 7.84. The second kappa shape index (κ2) is 10.8. The molecule has 3 aromatic heterocycles. The van der Waals surface area contributed by atoms with Gasteiger partial charge in [-0.25, -0.2) is 4.98 Å². The molecule has 0 aliphatic carbocycles. The fraction of sp³-hybridized carbons (Fsp3) is 0.318. The van der Waals surface area contributed by atoms with Crippen LogP contribution in [0.15, 0.2) is 48.9 Å². The van der Waals surface area contributed by atoms with E-state index in [9.17, 15) is 4.79 Å². The highest BCUT2D eigenvalue weighted by Crippen LogP contribution is 2.25. The highest BCUT2D eigenvalue weighted by Gasteiger charge is 2.12. The number of hydrogen-bond donors (Lipinski definition) is 2. The van der Waals surface area contributed by atoms with Crippen LogP contribution in [0.25, 0.3) is 22.5 Å². The minimum absolute atomic E-state index is 0.638. The number of aromatic nitrogens is 3. The molecule has 1 aliphatic heterocycles. The highest BCUT2D eigenvalue weighted by atomic mass is 32.2. The predicted molar refractivity (Wildman–Crippen MR) is 122 cm³/mol. The zero-order valence-electron chi connectivity index (χ0n) is 16.7. The van der Waals surface area contributed by atoms with Gasteiger partial charge in [0.15, 0.2) is 6.29 Å². The molecular formula is C22H27N5OS. The Morgan fingerprint density at radius 2 is 1.97 bits per heavy atom. The van der Waals surface area contributed by atoms with Gasteiger partial charge in [-0.05, 0) is 43.3 Å². The van der Waals surface area contributed by atoms with E-state index in [1.807, 2.05) is 36.2 Å². The summed E-state index contributed by atoms with van der Waals surface area (Å²) in [4.78, 5) is 25.4. The number of hydrogen-bond acceptors (Lipinski definition) is 6. The molecule has 0 saturated carbocycles. The summed E-state index contributed by atoms with van der Waals surface area (Å²) < 4.78 is 0. The van der Waals surface area contributed by atoms with E-state index in [4.69, 9.17) is 5.73 Å². The van der Waals surface area contributed by atoms with Crippen molar-refractivity contribution in [3.63, 3.8) is 0 Å². The monoisotopic (exact) mass is 409 g/mol. The Labute approximate surface area is 175 Å². The Bertz CT molecular complexity index is 902. The molecule has 1 aliphatic rings. The lowest BCUT2D eigenvalue weighted by Gasteiger charge is -2.27. The van der Waals surface area contributed by atoms with Crippen molar-refractivity contribution in [1.29, 1.82) is 0 Å². The molecule has 0 unspecified atom stereocenters.